The van der Waals surface area contributed by atoms with Crippen molar-refractivity contribution >= 4 is 34.1 Å². The summed E-state index contributed by atoms with van der Waals surface area (Å²) in [5, 5.41) is 23.8. The lowest BCUT2D eigenvalue weighted by Gasteiger charge is -2.03. The first kappa shape index (κ1) is 17.8. The number of nitro groups is 1. The van der Waals surface area contributed by atoms with Crippen molar-refractivity contribution in [3.63, 3.8) is 0 Å². The number of hydrogen-bond acceptors (Lipinski definition) is 5. The molecule has 0 bridgehead atoms. The molecule has 1 aromatic heterocycles. The molecule has 0 unspecified atom stereocenters. The van der Waals surface area contributed by atoms with Crippen LogP contribution in [0.15, 0.2) is 48.2 Å². The fourth-order valence-corrected chi connectivity index (χ4v) is 2.75. The monoisotopic (exact) mass is 364 g/mol. The molecule has 0 spiro atoms. The third-order valence-corrected chi connectivity index (χ3v) is 4.05. The summed E-state index contributed by atoms with van der Waals surface area (Å²) >= 11 is 0. The van der Waals surface area contributed by atoms with E-state index in [1.54, 1.807) is 13.1 Å². The van der Waals surface area contributed by atoms with Gasteiger partial charge in [0.25, 0.3) is 5.69 Å². The number of Topliss-reactive ketones (excluding diaryl/α,β-unsaturated/α-hetero) is 1. The largest absolute Gasteiger partial charge is 0.383 e. The number of nitrogens with one attached hydrogen (secondary N) is 2. The highest BCUT2D eigenvalue weighted by Crippen LogP contribution is 2.27. The molecule has 0 atom stereocenters. The van der Waals surface area contributed by atoms with Crippen LogP contribution in [0.4, 0.5) is 15.8 Å². The molecule has 2 aromatic carbocycles. The minimum absolute atomic E-state index is 0.168. The summed E-state index contributed by atoms with van der Waals surface area (Å²) in [6.07, 6.45) is 2.70. The van der Waals surface area contributed by atoms with Crippen molar-refractivity contribution < 1.29 is 14.1 Å². The Bertz CT molecular complexity index is 1140. The molecule has 1 heterocycles. The number of anilines is 1. The molecule has 0 radical (unpaired) electrons. The summed E-state index contributed by atoms with van der Waals surface area (Å²) in [5.74, 6) is -1.01. The summed E-state index contributed by atoms with van der Waals surface area (Å²) in [6.45, 7) is 0. The maximum atomic E-state index is 13.3. The number of carbonyl (C=O) groups is 1. The average molecular weight is 364 g/mol. The number of nitriles is 1. The first-order valence-electron chi connectivity index (χ1n) is 7.84. The first-order valence-corrected chi connectivity index (χ1v) is 7.84. The molecule has 0 amide bonds. The van der Waals surface area contributed by atoms with Gasteiger partial charge in [-0.2, -0.15) is 5.26 Å². The van der Waals surface area contributed by atoms with Gasteiger partial charge in [0.2, 0.25) is 5.78 Å². The summed E-state index contributed by atoms with van der Waals surface area (Å²) < 4.78 is 13.3. The Morgan fingerprint density at radius 1 is 1.33 bits per heavy atom. The van der Waals surface area contributed by atoms with Gasteiger partial charge in [0.1, 0.15) is 23.1 Å². The van der Waals surface area contributed by atoms with Crippen molar-refractivity contribution in [2.45, 2.75) is 0 Å². The van der Waals surface area contributed by atoms with E-state index >= 15 is 0 Å². The highest BCUT2D eigenvalue weighted by atomic mass is 19.1. The molecule has 27 heavy (non-hydrogen) atoms. The van der Waals surface area contributed by atoms with Crippen molar-refractivity contribution in [1.82, 2.24) is 4.98 Å². The topological polar surface area (TPSA) is 112 Å². The molecule has 134 valence electrons. The molecule has 0 aliphatic carbocycles. The van der Waals surface area contributed by atoms with E-state index in [0.29, 0.717) is 22.2 Å². The molecule has 0 aliphatic rings. The van der Waals surface area contributed by atoms with Gasteiger partial charge < -0.3 is 10.3 Å². The van der Waals surface area contributed by atoms with Crippen LogP contribution < -0.4 is 5.32 Å². The predicted molar refractivity (Wildman–Crippen MR) is 98.8 cm³/mol. The molecule has 0 aliphatic heterocycles. The van der Waals surface area contributed by atoms with Crippen LogP contribution in [0.1, 0.15) is 15.9 Å². The Morgan fingerprint density at radius 3 is 2.78 bits per heavy atom. The second-order valence-corrected chi connectivity index (χ2v) is 5.67. The summed E-state index contributed by atoms with van der Waals surface area (Å²) in [4.78, 5) is 26.1. The second-order valence-electron chi connectivity index (χ2n) is 5.67. The van der Waals surface area contributed by atoms with Gasteiger partial charge in [-0.3, -0.25) is 14.9 Å². The Balaban J connectivity index is 2.04. The number of aromatic amines is 1. The Hall–Kier alpha value is -3.99. The van der Waals surface area contributed by atoms with Gasteiger partial charge in [-0.25, -0.2) is 4.39 Å². The quantitative estimate of drug-likeness (QED) is 0.233. The SMILES string of the molecule is CNc1ccc(/C=C(/C#N)C(=O)c2c[nH]c3cc(F)ccc23)cc1[N+](=O)[O-]. The van der Waals surface area contributed by atoms with Gasteiger partial charge in [-0.15, -0.1) is 0 Å². The van der Waals surface area contributed by atoms with Gasteiger partial charge in [0.15, 0.2) is 0 Å². The van der Waals surface area contributed by atoms with E-state index in [-0.39, 0.29) is 16.8 Å². The van der Waals surface area contributed by atoms with Gasteiger partial charge in [0, 0.05) is 35.8 Å². The Morgan fingerprint density at radius 2 is 2.11 bits per heavy atom. The fourth-order valence-electron chi connectivity index (χ4n) is 2.75. The number of carbonyl (C=O) groups excluding carboxylic acids is 1. The number of allylic oxidation sites excluding steroid dienone is 1. The number of ketones is 1. The third-order valence-electron chi connectivity index (χ3n) is 4.05. The first-order chi connectivity index (χ1) is 12.9. The zero-order valence-electron chi connectivity index (χ0n) is 14.1. The molecule has 3 rings (SSSR count). The lowest BCUT2D eigenvalue weighted by molar-refractivity contribution is -0.383. The molecule has 0 fully saturated rings. The van der Waals surface area contributed by atoms with Crippen LogP contribution >= 0.6 is 0 Å². The zero-order valence-corrected chi connectivity index (χ0v) is 14.1. The smallest absolute Gasteiger partial charge is 0.292 e. The van der Waals surface area contributed by atoms with Crippen LogP contribution in [-0.4, -0.2) is 22.7 Å². The Kier molecular flexibility index (Phi) is 4.68. The molecular weight excluding hydrogens is 351 g/mol. The highest BCUT2D eigenvalue weighted by molar-refractivity contribution is 6.19. The van der Waals surface area contributed by atoms with Gasteiger partial charge in [-0.05, 0) is 35.9 Å². The van der Waals surface area contributed by atoms with Crippen molar-refractivity contribution in [1.29, 1.82) is 5.26 Å². The summed E-state index contributed by atoms with van der Waals surface area (Å²) in [7, 11) is 1.56. The number of halogens is 1. The van der Waals surface area contributed by atoms with Crippen LogP contribution in [0.5, 0.6) is 0 Å². The number of nitrogens with zero attached hydrogens (tertiary/aromatic N) is 2. The van der Waals surface area contributed by atoms with Crippen molar-refractivity contribution in [2.24, 2.45) is 0 Å². The molecule has 0 saturated heterocycles. The molecule has 8 heteroatoms. The van der Waals surface area contributed by atoms with Crippen LogP contribution in [0.25, 0.3) is 17.0 Å². The lowest BCUT2D eigenvalue weighted by atomic mass is 10.0. The maximum Gasteiger partial charge on any atom is 0.292 e. The number of aromatic nitrogens is 1. The van der Waals surface area contributed by atoms with E-state index in [0.717, 1.165) is 0 Å². The van der Waals surface area contributed by atoms with Crippen LogP contribution in [0, 0.1) is 27.3 Å². The molecular formula is C19H13FN4O3. The number of nitro benzene ring substituents is 1. The predicted octanol–water partition coefficient (Wildman–Crippen LogP) is 4.05. The number of benzene rings is 2. The van der Waals surface area contributed by atoms with E-state index in [1.165, 1.54) is 42.6 Å². The lowest BCUT2D eigenvalue weighted by Crippen LogP contribution is -2.01. The summed E-state index contributed by atoms with van der Waals surface area (Å²) in [6, 6.07) is 10.1. The number of hydrogen-bond donors (Lipinski definition) is 2. The van der Waals surface area contributed by atoms with Gasteiger partial charge in [0.05, 0.1) is 4.92 Å². The Labute approximate surface area is 152 Å². The molecule has 2 N–H and O–H groups in total. The van der Waals surface area contributed by atoms with Gasteiger partial charge in [-0.1, -0.05) is 6.07 Å². The van der Waals surface area contributed by atoms with E-state index < -0.39 is 16.5 Å². The van der Waals surface area contributed by atoms with E-state index in [9.17, 15) is 24.6 Å². The van der Waals surface area contributed by atoms with Crippen molar-refractivity contribution in [3.8, 4) is 6.07 Å². The third kappa shape index (κ3) is 3.39. The van der Waals surface area contributed by atoms with E-state index in [2.05, 4.69) is 10.3 Å². The van der Waals surface area contributed by atoms with Gasteiger partial charge >= 0.3 is 0 Å². The minimum atomic E-state index is -0.560. The fraction of sp³-hybridized carbons (Fsp3) is 0.0526. The standard InChI is InChI=1S/C19H13FN4O3/c1-22-16-5-2-11(7-18(16)24(26)27)6-12(9-21)19(25)15-10-23-17-8-13(20)3-4-14(15)17/h2-8,10,22-23H,1H3/b12-6-. The maximum absolute atomic E-state index is 13.3. The number of H-pyrrole nitrogens is 1. The molecule has 7 nitrogen and oxygen atoms in total. The second kappa shape index (κ2) is 7.09. The average Bonchev–Trinajstić information content (AvgIpc) is 3.08. The van der Waals surface area contributed by atoms with Crippen LogP contribution in [0.2, 0.25) is 0 Å². The number of fused-ring (bicyclic) bond motifs is 1. The van der Waals surface area contributed by atoms with Crippen molar-refractivity contribution in [3.05, 3.63) is 75.2 Å². The van der Waals surface area contributed by atoms with Crippen molar-refractivity contribution in [2.75, 3.05) is 12.4 Å². The number of rotatable bonds is 5. The highest BCUT2D eigenvalue weighted by Gasteiger charge is 2.18. The van der Waals surface area contributed by atoms with E-state index in [4.69, 9.17) is 0 Å². The normalized spacial score (nSPS) is 11.2. The molecule has 0 saturated carbocycles. The van der Waals surface area contributed by atoms with Crippen LogP contribution in [-0.2, 0) is 0 Å². The molecule has 3 aromatic rings. The zero-order chi connectivity index (χ0) is 19.6. The van der Waals surface area contributed by atoms with E-state index in [1.807, 2.05) is 6.07 Å². The van der Waals surface area contributed by atoms with Crippen LogP contribution in [0.3, 0.4) is 0 Å². The summed E-state index contributed by atoms with van der Waals surface area (Å²) in [5.41, 5.74) is 0.964. The minimum Gasteiger partial charge on any atom is -0.383 e.